The van der Waals surface area contributed by atoms with Crippen LogP contribution in [0.25, 0.3) is 0 Å². The van der Waals surface area contributed by atoms with Gasteiger partial charge in [-0.3, -0.25) is 9.69 Å². The molecule has 0 radical (unpaired) electrons. The molecule has 0 spiro atoms. The maximum Gasteiger partial charge on any atom is 0.223 e. The number of benzene rings is 1. The van der Waals surface area contributed by atoms with E-state index in [0.29, 0.717) is 13.0 Å². The molecule has 1 aromatic rings. The van der Waals surface area contributed by atoms with E-state index < -0.39 is 0 Å². The summed E-state index contributed by atoms with van der Waals surface area (Å²) < 4.78 is 0. The number of anilines is 1. The Bertz CT molecular complexity index is 631. The molecule has 0 N–H and O–H groups in total. The van der Waals surface area contributed by atoms with Crippen LogP contribution >= 0.6 is 0 Å². The van der Waals surface area contributed by atoms with Gasteiger partial charge in [-0.2, -0.15) is 5.26 Å². The molecule has 1 atom stereocenters. The second-order valence-corrected chi connectivity index (χ2v) is 7.23. The Labute approximate surface area is 150 Å². The van der Waals surface area contributed by atoms with E-state index in [1.807, 2.05) is 4.90 Å². The molecule has 3 rings (SSSR count). The summed E-state index contributed by atoms with van der Waals surface area (Å²) in [5.41, 5.74) is 2.59. The molecule has 0 aliphatic carbocycles. The number of carbonyl (C=O) groups is 1. The largest absolute Gasteiger partial charge is 0.369 e. The van der Waals surface area contributed by atoms with Crippen molar-refractivity contribution in [2.75, 3.05) is 50.7 Å². The lowest BCUT2D eigenvalue weighted by Crippen LogP contribution is -2.48. The van der Waals surface area contributed by atoms with Gasteiger partial charge in [0.25, 0.3) is 0 Å². The minimum absolute atomic E-state index is 0.0237. The number of piperidine rings is 1. The van der Waals surface area contributed by atoms with Crippen molar-refractivity contribution in [1.29, 1.82) is 5.26 Å². The maximum absolute atomic E-state index is 12.4. The molecule has 2 fully saturated rings. The monoisotopic (exact) mass is 340 g/mol. The third-order valence-corrected chi connectivity index (χ3v) is 5.34. The van der Waals surface area contributed by atoms with E-state index >= 15 is 0 Å². The van der Waals surface area contributed by atoms with E-state index in [0.717, 1.165) is 52.1 Å². The van der Waals surface area contributed by atoms with E-state index in [4.69, 9.17) is 5.26 Å². The molecule has 5 nitrogen and oxygen atoms in total. The fourth-order valence-corrected chi connectivity index (χ4v) is 3.78. The van der Waals surface area contributed by atoms with E-state index in [2.05, 4.69) is 47.1 Å². The van der Waals surface area contributed by atoms with Gasteiger partial charge in [-0.05, 0) is 37.5 Å². The summed E-state index contributed by atoms with van der Waals surface area (Å²) in [6.45, 7) is 8.42. The smallest absolute Gasteiger partial charge is 0.223 e. The van der Waals surface area contributed by atoms with Gasteiger partial charge in [0.2, 0.25) is 5.91 Å². The van der Waals surface area contributed by atoms with Crippen LogP contribution in [0.3, 0.4) is 0 Å². The first-order valence-electron chi connectivity index (χ1n) is 9.37. The van der Waals surface area contributed by atoms with Crippen molar-refractivity contribution in [1.82, 2.24) is 9.80 Å². The first-order chi connectivity index (χ1) is 12.2. The van der Waals surface area contributed by atoms with Crippen LogP contribution in [-0.4, -0.2) is 61.5 Å². The summed E-state index contributed by atoms with van der Waals surface area (Å²) >= 11 is 0. The molecule has 2 aliphatic heterocycles. The zero-order chi connectivity index (χ0) is 17.6. The zero-order valence-corrected chi connectivity index (χ0v) is 15.2. The number of rotatable bonds is 4. The van der Waals surface area contributed by atoms with Gasteiger partial charge in [0, 0.05) is 57.9 Å². The lowest BCUT2D eigenvalue weighted by molar-refractivity contribution is -0.133. The molecule has 1 amide bonds. The summed E-state index contributed by atoms with van der Waals surface area (Å²) in [7, 11) is 0. The minimum Gasteiger partial charge on any atom is -0.369 e. The van der Waals surface area contributed by atoms with Crippen molar-refractivity contribution < 1.29 is 4.79 Å². The van der Waals surface area contributed by atoms with Gasteiger partial charge in [0.15, 0.2) is 0 Å². The Morgan fingerprint density at radius 2 is 2.04 bits per heavy atom. The molecule has 2 saturated heterocycles. The summed E-state index contributed by atoms with van der Waals surface area (Å²) in [6.07, 6.45) is 2.46. The van der Waals surface area contributed by atoms with Crippen LogP contribution in [0, 0.1) is 24.2 Å². The molecule has 134 valence electrons. The van der Waals surface area contributed by atoms with Crippen LogP contribution < -0.4 is 4.90 Å². The molecule has 0 bridgehead atoms. The molecule has 5 heteroatoms. The van der Waals surface area contributed by atoms with E-state index in [-0.39, 0.29) is 11.8 Å². The topological polar surface area (TPSA) is 50.6 Å². The zero-order valence-electron chi connectivity index (χ0n) is 15.2. The lowest BCUT2D eigenvalue weighted by atomic mass is 9.99. The number of nitrogens with zero attached hydrogens (tertiary/aromatic N) is 4. The molecular formula is C20H28N4O. The number of carbonyl (C=O) groups excluding carboxylic acids is 1. The molecule has 0 saturated carbocycles. The first kappa shape index (κ1) is 17.8. The van der Waals surface area contributed by atoms with Crippen LogP contribution in [0.4, 0.5) is 5.69 Å². The summed E-state index contributed by atoms with van der Waals surface area (Å²) in [4.78, 5) is 19.1. The second kappa shape index (κ2) is 8.35. The van der Waals surface area contributed by atoms with E-state index in [9.17, 15) is 4.79 Å². The molecule has 2 heterocycles. The summed E-state index contributed by atoms with van der Waals surface area (Å²) in [5, 5.41) is 9.06. The average Bonchev–Trinajstić information content (AvgIpc) is 2.66. The Morgan fingerprint density at radius 3 is 2.76 bits per heavy atom. The Hall–Kier alpha value is -2.06. The highest BCUT2D eigenvalue weighted by atomic mass is 16.2. The fraction of sp³-hybridized carbons (Fsp3) is 0.600. The lowest BCUT2D eigenvalue weighted by Gasteiger charge is -2.36. The highest BCUT2D eigenvalue weighted by Crippen LogP contribution is 2.19. The third kappa shape index (κ3) is 4.73. The van der Waals surface area contributed by atoms with Gasteiger partial charge in [-0.15, -0.1) is 0 Å². The fourth-order valence-electron chi connectivity index (χ4n) is 3.78. The van der Waals surface area contributed by atoms with Crippen molar-refractivity contribution in [2.45, 2.75) is 26.2 Å². The van der Waals surface area contributed by atoms with Gasteiger partial charge in [-0.25, -0.2) is 0 Å². The van der Waals surface area contributed by atoms with Gasteiger partial charge in [0.05, 0.1) is 12.0 Å². The van der Waals surface area contributed by atoms with Crippen molar-refractivity contribution in [2.24, 2.45) is 5.92 Å². The minimum atomic E-state index is 0.0237. The number of aryl methyl sites for hydroxylation is 1. The molecule has 2 aliphatic rings. The Balaban J connectivity index is 1.42. The predicted octanol–water partition coefficient (Wildman–Crippen LogP) is 2.27. The highest BCUT2D eigenvalue weighted by Gasteiger charge is 2.24. The maximum atomic E-state index is 12.4. The summed E-state index contributed by atoms with van der Waals surface area (Å²) in [6, 6.07) is 11.0. The molecule has 0 unspecified atom stereocenters. The van der Waals surface area contributed by atoms with E-state index in [1.165, 1.54) is 11.3 Å². The number of hydrogen-bond donors (Lipinski definition) is 0. The standard InChI is InChI=1S/C20H28N4O/c1-17-4-2-6-19(14-17)23-12-10-22(11-13-23)9-7-20(25)24-8-3-5-18(15-21)16-24/h2,4,6,14,18H,3,5,7-13,16H2,1H3/t18-/m1/s1. The van der Waals surface area contributed by atoms with Gasteiger partial charge >= 0.3 is 0 Å². The van der Waals surface area contributed by atoms with Crippen LogP contribution in [-0.2, 0) is 4.79 Å². The highest BCUT2D eigenvalue weighted by molar-refractivity contribution is 5.76. The van der Waals surface area contributed by atoms with Crippen LogP contribution in [0.15, 0.2) is 24.3 Å². The third-order valence-electron chi connectivity index (χ3n) is 5.34. The van der Waals surface area contributed by atoms with Gasteiger partial charge in [0.1, 0.15) is 0 Å². The Kier molecular flexibility index (Phi) is 5.93. The van der Waals surface area contributed by atoms with Crippen molar-refractivity contribution in [3.05, 3.63) is 29.8 Å². The number of amides is 1. The molecular weight excluding hydrogens is 312 g/mol. The number of nitriles is 1. The van der Waals surface area contributed by atoms with Crippen LogP contribution in [0.5, 0.6) is 0 Å². The normalized spacial score (nSPS) is 21.8. The first-order valence-corrected chi connectivity index (χ1v) is 9.37. The molecule has 25 heavy (non-hydrogen) atoms. The number of piperazine rings is 1. The quantitative estimate of drug-likeness (QED) is 0.844. The van der Waals surface area contributed by atoms with Gasteiger partial charge < -0.3 is 9.80 Å². The predicted molar refractivity (Wildman–Crippen MR) is 99.4 cm³/mol. The van der Waals surface area contributed by atoms with Crippen molar-refractivity contribution in [3.63, 3.8) is 0 Å². The Morgan fingerprint density at radius 1 is 1.24 bits per heavy atom. The average molecular weight is 340 g/mol. The van der Waals surface area contributed by atoms with Crippen molar-refractivity contribution in [3.8, 4) is 6.07 Å². The number of hydrogen-bond acceptors (Lipinski definition) is 4. The van der Waals surface area contributed by atoms with E-state index in [1.54, 1.807) is 0 Å². The molecule has 0 aromatic heterocycles. The van der Waals surface area contributed by atoms with Crippen LogP contribution in [0.1, 0.15) is 24.8 Å². The van der Waals surface area contributed by atoms with Crippen molar-refractivity contribution >= 4 is 11.6 Å². The second-order valence-electron chi connectivity index (χ2n) is 7.23. The van der Waals surface area contributed by atoms with Crippen LogP contribution in [0.2, 0.25) is 0 Å². The SMILES string of the molecule is Cc1cccc(N2CCN(CCC(=O)N3CCC[C@H](C#N)C3)CC2)c1. The summed E-state index contributed by atoms with van der Waals surface area (Å²) in [5.74, 6) is 0.233. The van der Waals surface area contributed by atoms with Gasteiger partial charge in [-0.1, -0.05) is 12.1 Å². The molecule has 1 aromatic carbocycles. The number of likely N-dealkylation sites (tertiary alicyclic amines) is 1.